The van der Waals surface area contributed by atoms with Crippen molar-refractivity contribution in [3.05, 3.63) is 41.5 Å². The number of nitrogens with zero attached hydrogens (tertiary/aromatic N) is 1. The van der Waals surface area contributed by atoms with E-state index in [0.29, 0.717) is 35.6 Å². The van der Waals surface area contributed by atoms with Gasteiger partial charge in [0.1, 0.15) is 5.60 Å². The molecule has 0 saturated heterocycles. The van der Waals surface area contributed by atoms with Gasteiger partial charge in [-0.25, -0.2) is 0 Å². The fourth-order valence-corrected chi connectivity index (χ4v) is 8.92. The summed E-state index contributed by atoms with van der Waals surface area (Å²) in [6.45, 7) is 15.5. The van der Waals surface area contributed by atoms with Crippen LogP contribution in [0.5, 0.6) is 0 Å². The highest BCUT2D eigenvalue weighted by molar-refractivity contribution is 5.48. The second-order valence-corrected chi connectivity index (χ2v) is 14.8. The van der Waals surface area contributed by atoms with Gasteiger partial charge in [-0.2, -0.15) is 0 Å². The van der Waals surface area contributed by atoms with Crippen molar-refractivity contribution in [3.63, 3.8) is 0 Å². The van der Waals surface area contributed by atoms with Crippen LogP contribution in [0.1, 0.15) is 98.5 Å². The van der Waals surface area contributed by atoms with E-state index in [-0.39, 0.29) is 22.9 Å². The van der Waals surface area contributed by atoms with E-state index in [1.807, 2.05) is 0 Å². The Morgan fingerprint density at radius 1 is 1.05 bits per heavy atom. The highest BCUT2D eigenvalue weighted by Crippen LogP contribution is 2.69. The number of rotatable bonds is 3. The van der Waals surface area contributed by atoms with E-state index in [1.54, 1.807) is 0 Å². The normalized spacial score (nSPS) is 40.4. The van der Waals surface area contributed by atoms with Crippen LogP contribution in [0, 0.1) is 52.3 Å². The van der Waals surface area contributed by atoms with E-state index < -0.39 is 5.60 Å². The summed E-state index contributed by atoms with van der Waals surface area (Å²) in [5, 5.41) is 22.9. The summed E-state index contributed by atoms with van der Waals surface area (Å²) in [4.78, 5) is 2.33. The van der Waals surface area contributed by atoms with Crippen LogP contribution in [-0.2, 0) is 0 Å². The van der Waals surface area contributed by atoms with Crippen LogP contribution in [0.2, 0.25) is 0 Å². The van der Waals surface area contributed by atoms with Gasteiger partial charge in [0.2, 0.25) is 0 Å². The first kappa shape index (κ1) is 27.8. The summed E-state index contributed by atoms with van der Waals surface area (Å²) in [6.07, 6.45) is 8.18. The van der Waals surface area contributed by atoms with Gasteiger partial charge in [0.05, 0.1) is 6.10 Å². The Labute approximate surface area is 232 Å². The SMILES string of the molecule is CC(C)N(C)c1ccc([C@H]2C[C@@]3(C)[C@@H](CC(C)[C@@]3(O)C#CC(C)(C)C)[C@@H]3CCC4=CC(O)CC[C@@H]4[C@H]32)cc1. The Morgan fingerprint density at radius 2 is 1.74 bits per heavy atom. The molecule has 4 aliphatic rings. The van der Waals surface area contributed by atoms with Gasteiger partial charge in [0, 0.05) is 29.6 Å². The molecule has 9 atom stereocenters. The molecule has 3 heteroatoms. The van der Waals surface area contributed by atoms with Crippen molar-refractivity contribution in [3.8, 4) is 11.8 Å². The van der Waals surface area contributed by atoms with Crippen molar-refractivity contribution in [2.75, 3.05) is 11.9 Å². The summed E-state index contributed by atoms with van der Waals surface area (Å²) in [7, 11) is 2.17. The van der Waals surface area contributed by atoms with Crippen molar-refractivity contribution in [1.82, 2.24) is 0 Å². The van der Waals surface area contributed by atoms with E-state index in [1.165, 1.54) is 23.2 Å². The second-order valence-electron chi connectivity index (χ2n) is 14.8. The molecular formula is C35H51NO2. The third-order valence-corrected chi connectivity index (χ3v) is 11.1. The second kappa shape index (κ2) is 9.71. The zero-order valence-electron chi connectivity index (χ0n) is 25.1. The third-order valence-electron chi connectivity index (χ3n) is 11.1. The summed E-state index contributed by atoms with van der Waals surface area (Å²) >= 11 is 0. The molecule has 38 heavy (non-hydrogen) atoms. The molecule has 0 radical (unpaired) electrons. The fourth-order valence-electron chi connectivity index (χ4n) is 8.92. The number of benzene rings is 1. The molecule has 0 aliphatic heterocycles. The lowest BCUT2D eigenvalue weighted by Crippen LogP contribution is -2.55. The first-order valence-electron chi connectivity index (χ1n) is 15.2. The molecule has 0 spiro atoms. The fraction of sp³-hybridized carbons (Fsp3) is 0.714. The first-order valence-corrected chi connectivity index (χ1v) is 15.2. The molecule has 2 N–H and O–H groups in total. The molecule has 1 aromatic rings. The number of aliphatic hydroxyl groups is 2. The molecule has 4 aliphatic carbocycles. The van der Waals surface area contributed by atoms with E-state index in [4.69, 9.17) is 0 Å². The number of aliphatic hydroxyl groups excluding tert-OH is 1. The van der Waals surface area contributed by atoms with Gasteiger partial charge in [-0.1, -0.05) is 49.5 Å². The lowest BCUT2D eigenvalue weighted by atomic mass is 9.46. The van der Waals surface area contributed by atoms with Crippen molar-refractivity contribution in [2.24, 2.45) is 40.4 Å². The number of hydrogen-bond donors (Lipinski definition) is 2. The largest absolute Gasteiger partial charge is 0.389 e. The molecule has 0 amide bonds. The molecule has 5 rings (SSSR count). The minimum Gasteiger partial charge on any atom is -0.389 e. The molecule has 0 aromatic heterocycles. The number of fused-ring (bicyclic) bond motifs is 5. The Kier molecular flexibility index (Phi) is 7.10. The predicted molar refractivity (Wildman–Crippen MR) is 158 cm³/mol. The van der Waals surface area contributed by atoms with Crippen LogP contribution in [0.4, 0.5) is 5.69 Å². The van der Waals surface area contributed by atoms with Gasteiger partial charge in [0.25, 0.3) is 0 Å². The quantitative estimate of drug-likeness (QED) is 0.330. The monoisotopic (exact) mass is 517 g/mol. The maximum Gasteiger partial charge on any atom is 0.133 e. The molecule has 1 aromatic carbocycles. The zero-order valence-corrected chi connectivity index (χ0v) is 25.1. The van der Waals surface area contributed by atoms with Crippen LogP contribution >= 0.6 is 0 Å². The Hall–Kier alpha value is -1.76. The minimum atomic E-state index is -0.967. The van der Waals surface area contributed by atoms with Gasteiger partial charge in [-0.05, 0) is 126 Å². The first-order chi connectivity index (χ1) is 17.7. The van der Waals surface area contributed by atoms with Crippen molar-refractivity contribution in [1.29, 1.82) is 0 Å². The summed E-state index contributed by atoms with van der Waals surface area (Å²) in [5.41, 5.74) is 2.84. The summed E-state index contributed by atoms with van der Waals surface area (Å²) in [5.74, 6) is 9.71. The average molecular weight is 518 g/mol. The van der Waals surface area contributed by atoms with Crippen LogP contribution in [0.15, 0.2) is 35.9 Å². The Morgan fingerprint density at radius 3 is 2.37 bits per heavy atom. The van der Waals surface area contributed by atoms with Crippen molar-refractivity contribution in [2.45, 2.75) is 111 Å². The van der Waals surface area contributed by atoms with Crippen LogP contribution in [0.25, 0.3) is 0 Å². The standard InChI is InChI=1S/C35H51NO2/c1-22(2)36(8)26-12-9-24(10-13-26)30-21-34(7)31(19-23(3)35(34,38)18-17-33(4,5)6)29-15-11-25-20-27(37)14-16-28(25)32(29)30/h9-10,12-13,20,22-23,27-32,37-38H,11,14-16,19,21H2,1-8H3/t23?,27?,28-,29-,30+,31-,32+,34-,35-/m0/s1. The minimum absolute atomic E-state index is 0.133. The van der Waals surface area contributed by atoms with Crippen LogP contribution < -0.4 is 4.90 Å². The molecule has 2 unspecified atom stereocenters. The molecule has 0 bridgehead atoms. The number of anilines is 1. The number of allylic oxidation sites excluding steroid dienone is 1. The highest BCUT2D eigenvalue weighted by atomic mass is 16.3. The summed E-state index contributed by atoms with van der Waals surface area (Å²) in [6, 6.07) is 9.79. The van der Waals surface area contributed by atoms with Gasteiger partial charge in [0.15, 0.2) is 0 Å². The van der Waals surface area contributed by atoms with Crippen LogP contribution in [0.3, 0.4) is 0 Å². The smallest absolute Gasteiger partial charge is 0.133 e. The summed E-state index contributed by atoms with van der Waals surface area (Å²) < 4.78 is 0. The van der Waals surface area contributed by atoms with Gasteiger partial charge < -0.3 is 15.1 Å². The van der Waals surface area contributed by atoms with E-state index >= 15 is 0 Å². The molecule has 3 fully saturated rings. The molecular weight excluding hydrogens is 466 g/mol. The highest BCUT2D eigenvalue weighted by Gasteiger charge is 2.67. The zero-order chi connectivity index (χ0) is 27.6. The third kappa shape index (κ3) is 4.54. The molecule has 3 nitrogen and oxygen atoms in total. The van der Waals surface area contributed by atoms with Crippen molar-refractivity contribution < 1.29 is 10.2 Å². The lowest BCUT2D eigenvalue weighted by molar-refractivity contribution is -0.105. The average Bonchev–Trinajstić information content (AvgIpc) is 3.06. The molecule has 0 heterocycles. The van der Waals surface area contributed by atoms with E-state index in [9.17, 15) is 10.2 Å². The predicted octanol–water partition coefficient (Wildman–Crippen LogP) is 7.18. The van der Waals surface area contributed by atoms with Gasteiger partial charge in [-0.15, -0.1) is 0 Å². The lowest BCUT2D eigenvalue weighted by Gasteiger charge is -2.58. The topological polar surface area (TPSA) is 43.7 Å². The van der Waals surface area contributed by atoms with Gasteiger partial charge >= 0.3 is 0 Å². The molecule has 3 saturated carbocycles. The Bertz CT molecular complexity index is 1120. The Balaban J connectivity index is 1.59. The maximum atomic E-state index is 12.5. The van der Waals surface area contributed by atoms with E-state index in [2.05, 4.69) is 103 Å². The molecule has 208 valence electrons. The van der Waals surface area contributed by atoms with E-state index in [0.717, 1.165) is 32.1 Å². The van der Waals surface area contributed by atoms with Gasteiger partial charge in [-0.3, -0.25) is 0 Å². The van der Waals surface area contributed by atoms with Crippen LogP contribution in [-0.4, -0.2) is 35.0 Å². The number of hydrogen-bond acceptors (Lipinski definition) is 3. The maximum absolute atomic E-state index is 12.5. The van der Waals surface area contributed by atoms with Crippen molar-refractivity contribution >= 4 is 5.69 Å².